The van der Waals surface area contributed by atoms with Gasteiger partial charge in [-0.05, 0) is 67.3 Å². The van der Waals surface area contributed by atoms with E-state index in [0.29, 0.717) is 55.5 Å². The summed E-state index contributed by atoms with van der Waals surface area (Å²) in [4.78, 5) is 32.1. The Labute approximate surface area is 229 Å². The van der Waals surface area contributed by atoms with Crippen LogP contribution < -0.4 is 32.6 Å². The van der Waals surface area contributed by atoms with Crippen LogP contribution in [-0.4, -0.2) is 35.8 Å². The fourth-order valence-corrected chi connectivity index (χ4v) is 6.93. The van der Waals surface area contributed by atoms with Crippen LogP contribution in [0.1, 0.15) is 50.8 Å². The second-order valence-corrected chi connectivity index (χ2v) is 11.2. The first kappa shape index (κ1) is 25.4. The monoisotopic (exact) mass is 542 g/mol. The second-order valence-electron chi connectivity index (χ2n) is 10.2. The minimum atomic E-state index is -1.53. The third-order valence-electron chi connectivity index (χ3n) is 7.63. The Morgan fingerprint density at radius 2 is 2.03 bits per heavy atom. The molecule has 39 heavy (non-hydrogen) atoms. The van der Waals surface area contributed by atoms with E-state index < -0.39 is 11.6 Å². The highest BCUT2D eigenvalue weighted by atomic mass is 32.1. The lowest BCUT2D eigenvalue weighted by atomic mass is 9.69. The number of amides is 1. The summed E-state index contributed by atoms with van der Waals surface area (Å²) in [6, 6.07) is 13.2. The Bertz CT molecular complexity index is 1600. The third kappa shape index (κ3) is 4.16. The van der Waals surface area contributed by atoms with Crippen LogP contribution in [0, 0.1) is 6.92 Å². The number of ketones is 1. The topological polar surface area (TPSA) is 158 Å². The predicted octanol–water partition coefficient (Wildman–Crippen LogP) is 3.25. The number of nitrogens with zero attached hydrogens (tertiary/aromatic N) is 1. The smallest absolute Gasteiger partial charge is 0.262 e. The zero-order valence-electron chi connectivity index (χ0n) is 21.5. The van der Waals surface area contributed by atoms with Gasteiger partial charge in [0.2, 0.25) is 5.88 Å². The van der Waals surface area contributed by atoms with Gasteiger partial charge in [0.25, 0.3) is 5.91 Å². The van der Waals surface area contributed by atoms with E-state index >= 15 is 0 Å². The summed E-state index contributed by atoms with van der Waals surface area (Å²) in [5.74, 6) is 0.404. The van der Waals surface area contributed by atoms with Crippen LogP contribution in [0.25, 0.3) is 10.1 Å². The van der Waals surface area contributed by atoms with Crippen molar-refractivity contribution in [3.05, 3.63) is 81.9 Å². The molecule has 1 aliphatic heterocycles. The van der Waals surface area contributed by atoms with Crippen molar-refractivity contribution in [1.29, 1.82) is 0 Å². The van der Waals surface area contributed by atoms with Gasteiger partial charge in [-0.3, -0.25) is 9.59 Å². The largest absolute Gasteiger partial charge is 0.439 e. The van der Waals surface area contributed by atoms with Gasteiger partial charge >= 0.3 is 0 Å². The van der Waals surface area contributed by atoms with Crippen molar-refractivity contribution in [2.45, 2.75) is 37.4 Å². The van der Waals surface area contributed by atoms with Crippen molar-refractivity contribution < 1.29 is 14.3 Å². The lowest BCUT2D eigenvalue weighted by Crippen LogP contribution is -2.53. The number of Topliss-reactive ketones (excluding diaryl/α,β-unsaturated/α-hetero) is 1. The van der Waals surface area contributed by atoms with Crippen LogP contribution in [0.3, 0.4) is 0 Å². The number of carbonyl (C=O) groups excluding carboxylic acids is 2. The summed E-state index contributed by atoms with van der Waals surface area (Å²) in [7, 11) is 0. The average molecular weight is 543 g/mol. The van der Waals surface area contributed by atoms with E-state index in [-0.39, 0.29) is 17.7 Å². The fraction of sp³-hybridized carbons (Fsp3) is 0.276. The third-order valence-corrected chi connectivity index (χ3v) is 8.89. The molecule has 200 valence electrons. The van der Waals surface area contributed by atoms with Gasteiger partial charge in [0.1, 0.15) is 11.3 Å². The molecule has 2 aromatic carbocycles. The van der Waals surface area contributed by atoms with Crippen molar-refractivity contribution >= 4 is 38.8 Å². The van der Waals surface area contributed by atoms with Crippen LogP contribution in [0.15, 0.2) is 54.7 Å². The SMILES string of the molecule is Cc1cc(Oc2ccccn2)ccc1C1(N)C(=O)C(N)c2c(C(=O)NC3CCCNC3)sc3c(N)ccc1c23. The maximum Gasteiger partial charge on any atom is 0.262 e. The molecule has 1 saturated heterocycles. The van der Waals surface area contributed by atoms with E-state index in [1.165, 1.54) is 11.3 Å². The quantitative estimate of drug-likeness (QED) is 0.240. The van der Waals surface area contributed by atoms with Gasteiger partial charge in [-0.15, -0.1) is 11.3 Å². The highest BCUT2D eigenvalue weighted by Gasteiger charge is 2.49. The number of piperidine rings is 1. The van der Waals surface area contributed by atoms with Crippen LogP contribution in [-0.2, 0) is 10.3 Å². The van der Waals surface area contributed by atoms with Crippen molar-refractivity contribution in [3.8, 4) is 11.6 Å². The number of nitrogen functional groups attached to an aromatic ring is 1. The molecule has 3 heterocycles. The standard InChI is InChI=1S/C29H30N6O3S/c1-15-13-17(38-21-6-2-3-12-34-21)7-8-18(15)29(32)19-9-10-20(30)25-22(19)23(24(31)27(29)36)26(39-25)28(37)35-16-5-4-11-33-14-16/h2-3,6-10,12-13,16,24,33H,4-5,11,14,30-32H2,1H3,(H,35,37). The van der Waals surface area contributed by atoms with Gasteiger partial charge in [0.05, 0.1) is 15.6 Å². The molecule has 1 amide bonds. The van der Waals surface area contributed by atoms with E-state index in [2.05, 4.69) is 15.6 Å². The fourth-order valence-electron chi connectivity index (χ4n) is 5.72. The first-order valence-corrected chi connectivity index (χ1v) is 13.8. The number of thiophene rings is 1. The number of carbonyl (C=O) groups is 2. The molecule has 6 rings (SSSR count). The number of anilines is 1. The Balaban J connectivity index is 1.44. The molecular weight excluding hydrogens is 512 g/mol. The molecular formula is C29H30N6O3S. The first-order chi connectivity index (χ1) is 18.8. The molecule has 8 N–H and O–H groups in total. The molecule has 0 bridgehead atoms. The highest BCUT2D eigenvalue weighted by molar-refractivity contribution is 7.21. The number of nitrogens with two attached hydrogens (primary N) is 3. The zero-order chi connectivity index (χ0) is 27.3. The van der Waals surface area contributed by atoms with Gasteiger partial charge in [-0.1, -0.05) is 18.2 Å². The molecule has 0 radical (unpaired) electrons. The lowest BCUT2D eigenvalue weighted by Gasteiger charge is -2.37. The first-order valence-electron chi connectivity index (χ1n) is 12.9. The van der Waals surface area contributed by atoms with Gasteiger partial charge in [0, 0.05) is 41.5 Å². The molecule has 9 nitrogen and oxygen atoms in total. The molecule has 3 unspecified atom stereocenters. The number of benzene rings is 2. The summed E-state index contributed by atoms with van der Waals surface area (Å²) >= 11 is 1.26. The Morgan fingerprint density at radius 3 is 2.74 bits per heavy atom. The summed E-state index contributed by atoms with van der Waals surface area (Å²) < 4.78 is 6.59. The van der Waals surface area contributed by atoms with Crippen molar-refractivity contribution in [1.82, 2.24) is 15.6 Å². The van der Waals surface area contributed by atoms with E-state index in [9.17, 15) is 9.59 Å². The Hall–Kier alpha value is -3.83. The van der Waals surface area contributed by atoms with Gasteiger partial charge in [0.15, 0.2) is 5.78 Å². The lowest BCUT2D eigenvalue weighted by molar-refractivity contribution is -0.124. The van der Waals surface area contributed by atoms with Crippen LogP contribution in [0.4, 0.5) is 5.69 Å². The maximum atomic E-state index is 14.1. The van der Waals surface area contributed by atoms with E-state index in [0.717, 1.165) is 24.9 Å². The summed E-state index contributed by atoms with van der Waals surface area (Å²) in [5, 5.41) is 7.10. The highest BCUT2D eigenvalue weighted by Crippen LogP contribution is 2.50. The predicted molar refractivity (Wildman–Crippen MR) is 152 cm³/mol. The van der Waals surface area contributed by atoms with Gasteiger partial charge < -0.3 is 32.6 Å². The molecule has 0 spiro atoms. The second kappa shape index (κ2) is 9.73. The molecule has 2 aliphatic rings. The number of aromatic nitrogens is 1. The Morgan fingerprint density at radius 1 is 1.21 bits per heavy atom. The number of hydrogen-bond acceptors (Lipinski definition) is 9. The van der Waals surface area contributed by atoms with Gasteiger partial charge in [-0.2, -0.15) is 0 Å². The average Bonchev–Trinajstić information content (AvgIpc) is 3.35. The minimum Gasteiger partial charge on any atom is -0.439 e. The number of nitrogens with one attached hydrogen (secondary N) is 2. The summed E-state index contributed by atoms with van der Waals surface area (Å²) in [5.41, 5.74) is 21.5. The summed E-state index contributed by atoms with van der Waals surface area (Å²) in [6.07, 6.45) is 3.53. The molecule has 2 aromatic heterocycles. The van der Waals surface area contributed by atoms with Crippen LogP contribution >= 0.6 is 11.3 Å². The molecule has 10 heteroatoms. The minimum absolute atomic E-state index is 0.0130. The van der Waals surface area contributed by atoms with Crippen molar-refractivity contribution in [3.63, 3.8) is 0 Å². The number of hydrogen-bond donors (Lipinski definition) is 5. The number of pyridine rings is 1. The van der Waals surface area contributed by atoms with E-state index in [1.54, 1.807) is 36.5 Å². The normalized spacial score (nSPS) is 22.6. The van der Waals surface area contributed by atoms with Crippen LogP contribution in [0.2, 0.25) is 0 Å². The van der Waals surface area contributed by atoms with Gasteiger partial charge in [-0.25, -0.2) is 4.98 Å². The zero-order valence-corrected chi connectivity index (χ0v) is 22.3. The van der Waals surface area contributed by atoms with E-state index in [1.807, 2.05) is 25.1 Å². The molecule has 0 saturated carbocycles. The molecule has 1 aliphatic carbocycles. The number of rotatable bonds is 5. The maximum absolute atomic E-state index is 14.1. The molecule has 1 fully saturated rings. The number of aryl methyl sites for hydroxylation is 1. The Kier molecular flexibility index (Phi) is 6.35. The summed E-state index contributed by atoms with van der Waals surface area (Å²) in [6.45, 7) is 3.52. The number of ether oxygens (including phenoxy) is 1. The van der Waals surface area contributed by atoms with E-state index in [4.69, 9.17) is 21.9 Å². The molecule has 4 aromatic rings. The van der Waals surface area contributed by atoms with Crippen LogP contribution in [0.5, 0.6) is 11.6 Å². The van der Waals surface area contributed by atoms with Crippen molar-refractivity contribution in [2.24, 2.45) is 11.5 Å². The van der Waals surface area contributed by atoms with Crippen molar-refractivity contribution in [2.75, 3.05) is 18.8 Å². The molecule has 3 atom stereocenters.